The molecule has 0 aromatic heterocycles. The number of amides is 3. The molecule has 1 spiro atoms. The first-order chi connectivity index (χ1) is 13.4. The van der Waals surface area contributed by atoms with E-state index in [4.69, 9.17) is 0 Å². The van der Waals surface area contributed by atoms with E-state index in [2.05, 4.69) is 4.90 Å². The Morgan fingerprint density at radius 3 is 2.43 bits per heavy atom. The summed E-state index contributed by atoms with van der Waals surface area (Å²) in [5.74, 6) is -0.0531. The van der Waals surface area contributed by atoms with E-state index in [1.165, 1.54) is 4.90 Å². The van der Waals surface area contributed by atoms with Crippen LogP contribution in [0.2, 0.25) is 0 Å². The molecule has 0 bridgehead atoms. The molecule has 3 aliphatic rings. The number of anilines is 1. The molecule has 4 rings (SSSR count). The molecule has 28 heavy (non-hydrogen) atoms. The second-order valence-electron chi connectivity index (χ2n) is 7.90. The van der Waals surface area contributed by atoms with Crippen LogP contribution in [0.4, 0.5) is 10.5 Å². The van der Waals surface area contributed by atoms with Crippen LogP contribution in [0.1, 0.15) is 25.7 Å². The van der Waals surface area contributed by atoms with Crippen LogP contribution in [0, 0.1) is 0 Å². The van der Waals surface area contributed by atoms with Gasteiger partial charge in [0.1, 0.15) is 11.6 Å². The summed E-state index contributed by atoms with van der Waals surface area (Å²) in [6.07, 6.45) is 1.46. The molecule has 8 nitrogen and oxygen atoms in total. The minimum Gasteiger partial charge on any atom is -0.465 e. The van der Waals surface area contributed by atoms with E-state index >= 15 is 0 Å². The van der Waals surface area contributed by atoms with Gasteiger partial charge in [-0.25, -0.2) is 4.79 Å². The Kier molecular flexibility index (Phi) is 4.64. The number of hydrogen-bond acceptors (Lipinski definition) is 4. The maximum Gasteiger partial charge on any atom is 0.407 e. The number of benzene rings is 1. The topological polar surface area (TPSA) is 84.4 Å². The second-order valence-corrected chi connectivity index (χ2v) is 7.90. The first-order valence-electron chi connectivity index (χ1n) is 9.81. The van der Waals surface area contributed by atoms with Gasteiger partial charge < -0.3 is 24.7 Å². The van der Waals surface area contributed by atoms with Gasteiger partial charge in [-0.15, -0.1) is 0 Å². The SMILES string of the molecule is CN1CCCC(N2CN(c3ccccc3)C3(CCN(C(=O)O)CC3)C2=O)C1=O. The summed E-state index contributed by atoms with van der Waals surface area (Å²) >= 11 is 0. The number of likely N-dealkylation sites (tertiary alicyclic amines) is 2. The van der Waals surface area contributed by atoms with E-state index in [-0.39, 0.29) is 11.8 Å². The Morgan fingerprint density at radius 1 is 1.11 bits per heavy atom. The molecule has 1 atom stereocenters. The third kappa shape index (κ3) is 2.87. The van der Waals surface area contributed by atoms with Gasteiger partial charge in [0, 0.05) is 32.4 Å². The number of piperidine rings is 2. The Labute approximate surface area is 164 Å². The van der Waals surface area contributed by atoms with E-state index in [1.54, 1.807) is 16.8 Å². The molecule has 1 aromatic rings. The monoisotopic (exact) mass is 386 g/mol. The first kappa shape index (κ1) is 18.6. The molecule has 3 fully saturated rings. The first-order valence-corrected chi connectivity index (χ1v) is 9.81. The quantitative estimate of drug-likeness (QED) is 0.831. The molecule has 3 saturated heterocycles. The summed E-state index contributed by atoms with van der Waals surface area (Å²) in [6, 6.07) is 9.30. The Morgan fingerprint density at radius 2 is 1.79 bits per heavy atom. The van der Waals surface area contributed by atoms with Crippen molar-refractivity contribution in [3.8, 4) is 0 Å². The summed E-state index contributed by atoms with van der Waals surface area (Å²) in [5.41, 5.74) is 0.141. The molecule has 0 aliphatic carbocycles. The van der Waals surface area contributed by atoms with Crippen molar-refractivity contribution in [1.29, 1.82) is 0 Å². The van der Waals surface area contributed by atoms with Crippen LogP contribution in [0.5, 0.6) is 0 Å². The van der Waals surface area contributed by atoms with Crippen LogP contribution in [-0.4, -0.2) is 82.6 Å². The zero-order valence-corrected chi connectivity index (χ0v) is 16.1. The van der Waals surface area contributed by atoms with Gasteiger partial charge in [0.05, 0.1) is 6.67 Å². The van der Waals surface area contributed by atoms with Gasteiger partial charge in [-0.05, 0) is 37.8 Å². The molecule has 3 aliphatic heterocycles. The number of likely N-dealkylation sites (N-methyl/N-ethyl adjacent to an activating group) is 1. The zero-order chi connectivity index (χ0) is 19.9. The number of nitrogens with zero attached hydrogens (tertiary/aromatic N) is 4. The Balaban J connectivity index is 1.67. The van der Waals surface area contributed by atoms with Crippen LogP contribution in [0.15, 0.2) is 30.3 Å². The largest absolute Gasteiger partial charge is 0.465 e. The van der Waals surface area contributed by atoms with Crippen molar-refractivity contribution in [3.63, 3.8) is 0 Å². The highest BCUT2D eigenvalue weighted by atomic mass is 16.4. The fourth-order valence-corrected chi connectivity index (χ4v) is 4.76. The summed E-state index contributed by atoms with van der Waals surface area (Å²) in [7, 11) is 1.78. The molecular formula is C20H26N4O4. The lowest BCUT2D eigenvalue weighted by Crippen LogP contribution is -2.58. The number of carbonyl (C=O) groups is 3. The van der Waals surface area contributed by atoms with Crippen molar-refractivity contribution < 1.29 is 19.5 Å². The molecule has 3 heterocycles. The number of carboxylic acid groups (broad SMARTS) is 1. The molecular weight excluding hydrogens is 360 g/mol. The van der Waals surface area contributed by atoms with Gasteiger partial charge >= 0.3 is 6.09 Å². The number of carbonyl (C=O) groups excluding carboxylic acids is 2. The molecule has 0 saturated carbocycles. The molecule has 0 radical (unpaired) electrons. The molecule has 3 amide bonds. The van der Waals surface area contributed by atoms with Gasteiger partial charge in [0.15, 0.2) is 0 Å². The van der Waals surface area contributed by atoms with Crippen molar-refractivity contribution >= 4 is 23.6 Å². The van der Waals surface area contributed by atoms with Crippen molar-refractivity contribution in [2.24, 2.45) is 0 Å². The maximum absolute atomic E-state index is 13.6. The Bertz CT molecular complexity index is 776. The van der Waals surface area contributed by atoms with Gasteiger partial charge in [0.2, 0.25) is 5.91 Å². The standard InChI is InChI=1S/C20H26N4O4/c1-21-11-5-8-16(17(21)25)23-14-24(15-6-3-2-4-7-15)20(18(23)26)9-12-22(13-10-20)19(27)28/h2-4,6-7,16H,5,8-14H2,1H3,(H,27,28). The van der Waals surface area contributed by atoms with Crippen LogP contribution >= 0.6 is 0 Å². The van der Waals surface area contributed by atoms with Crippen molar-refractivity contribution in [3.05, 3.63) is 30.3 Å². The lowest BCUT2D eigenvalue weighted by molar-refractivity contribution is -0.147. The fraction of sp³-hybridized carbons (Fsp3) is 0.550. The van der Waals surface area contributed by atoms with Crippen LogP contribution in [0.25, 0.3) is 0 Å². The highest BCUT2D eigenvalue weighted by Gasteiger charge is 2.56. The van der Waals surface area contributed by atoms with E-state index < -0.39 is 17.7 Å². The van der Waals surface area contributed by atoms with Crippen molar-refractivity contribution in [1.82, 2.24) is 14.7 Å². The lowest BCUT2D eigenvalue weighted by atomic mass is 9.85. The maximum atomic E-state index is 13.6. The smallest absolute Gasteiger partial charge is 0.407 e. The van der Waals surface area contributed by atoms with E-state index in [9.17, 15) is 19.5 Å². The predicted octanol–water partition coefficient (Wildman–Crippen LogP) is 1.43. The summed E-state index contributed by atoms with van der Waals surface area (Å²) < 4.78 is 0. The third-order valence-electron chi connectivity index (χ3n) is 6.41. The van der Waals surface area contributed by atoms with E-state index in [1.807, 2.05) is 30.3 Å². The average molecular weight is 386 g/mol. The van der Waals surface area contributed by atoms with Crippen molar-refractivity contribution in [2.45, 2.75) is 37.3 Å². The normalized spacial score (nSPS) is 25.0. The zero-order valence-electron chi connectivity index (χ0n) is 16.1. The lowest BCUT2D eigenvalue weighted by Gasteiger charge is -2.42. The van der Waals surface area contributed by atoms with Gasteiger partial charge in [-0.3, -0.25) is 9.59 Å². The third-order valence-corrected chi connectivity index (χ3v) is 6.41. The Hall–Kier alpha value is -2.77. The predicted molar refractivity (Wildman–Crippen MR) is 103 cm³/mol. The summed E-state index contributed by atoms with van der Waals surface area (Å²) in [4.78, 5) is 44.6. The molecule has 1 aromatic carbocycles. The molecule has 150 valence electrons. The molecule has 8 heteroatoms. The highest BCUT2D eigenvalue weighted by Crippen LogP contribution is 2.41. The van der Waals surface area contributed by atoms with Crippen molar-refractivity contribution in [2.75, 3.05) is 38.3 Å². The molecule has 1 N–H and O–H groups in total. The van der Waals surface area contributed by atoms with Crippen LogP contribution in [0.3, 0.4) is 0 Å². The van der Waals surface area contributed by atoms with Gasteiger partial charge in [-0.1, -0.05) is 18.2 Å². The van der Waals surface area contributed by atoms with E-state index in [0.717, 1.165) is 18.7 Å². The van der Waals surface area contributed by atoms with Gasteiger partial charge in [0.25, 0.3) is 5.91 Å². The summed E-state index contributed by atoms with van der Waals surface area (Å²) in [5, 5.41) is 9.30. The number of para-hydroxylation sites is 1. The van der Waals surface area contributed by atoms with E-state index in [0.29, 0.717) is 39.0 Å². The van der Waals surface area contributed by atoms with Gasteiger partial charge in [-0.2, -0.15) is 0 Å². The van der Waals surface area contributed by atoms with Crippen LogP contribution < -0.4 is 4.90 Å². The fourth-order valence-electron chi connectivity index (χ4n) is 4.76. The average Bonchev–Trinajstić information content (AvgIpc) is 2.97. The highest BCUT2D eigenvalue weighted by molar-refractivity contribution is 5.97. The number of rotatable bonds is 2. The minimum atomic E-state index is -0.951. The number of hydrogen-bond donors (Lipinski definition) is 1. The molecule has 1 unspecified atom stereocenters. The second kappa shape index (κ2) is 7.00. The van der Waals surface area contributed by atoms with Crippen LogP contribution in [-0.2, 0) is 9.59 Å². The summed E-state index contributed by atoms with van der Waals surface area (Å²) in [6.45, 7) is 1.71. The minimum absolute atomic E-state index is 0.00682.